The Hall–Kier alpha value is -4.39. The second kappa shape index (κ2) is 19.8. The van der Waals surface area contributed by atoms with Gasteiger partial charge in [0.1, 0.15) is 17.2 Å². The largest absolute Gasteiger partial charge is 0.494 e. The molecule has 0 aliphatic rings. The van der Waals surface area contributed by atoms with Gasteiger partial charge in [-0.15, -0.1) is 0 Å². The minimum atomic E-state index is -0.576. The highest BCUT2D eigenvalue weighted by Gasteiger charge is 2.14. The summed E-state index contributed by atoms with van der Waals surface area (Å²) >= 11 is 0. The number of carbonyl (C=O) groups excluding carboxylic acids is 3. The standard InChI is InChI=1S/C38H46O7/c1-4-6-8-10-12-28-42-33-21-14-30(15-22-33)16-27-36(39)44-34-23-17-32(18-24-34)38(41)45-35-25-19-31(20-26-35)37(40)43-29(3)13-11-9-7-5-2/h14-27,29H,4-13,28H2,1-3H3/b27-16+/t29-/m0/s1. The number of hydrogen-bond acceptors (Lipinski definition) is 7. The lowest BCUT2D eigenvalue weighted by molar-refractivity contribution is -0.128. The smallest absolute Gasteiger partial charge is 0.343 e. The molecule has 0 aliphatic carbocycles. The molecule has 0 unspecified atom stereocenters. The third-order valence-corrected chi connectivity index (χ3v) is 7.19. The lowest BCUT2D eigenvalue weighted by atomic mass is 10.1. The average Bonchev–Trinajstić information content (AvgIpc) is 3.05. The van der Waals surface area contributed by atoms with Gasteiger partial charge in [-0.25, -0.2) is 14.4 Å². The first-order chi connectivity index (χ1) is 21.9. The van der Waals surface area contributed by atoms with Crippen LogP contribution in [0.25, 0.3) is 6.08 Å². The third kappa shape index (κ3) is 13.4. The molecule has 1 atom stereocenters. The van der Waals surface area contributed by atoms with E-state index in [1.54, 1.807) is 30.3 Å². The molecule has 7 nitrogen and oxygen atoms in total. The van der Waals surface area contributed by atoms with Crippen molar-refractivity contribution in [3.63, 3.8) is 0 Å². The summed E-state index contributed by atoms with van der Waals surface area (Å²) < 4.78 is 22.1. The first kappa shape index (κ1) is 35.1. The van der Waals surface area contributed by atoms with Gasteiger partial charge in [0.15, 0.2) is 0 Å². The summed E-state index contributed by atoms with van der Waals surface area (Å²) in [6, 6.07) is 19.9. The summed E-state index contributed by atoms with van der Waals surface area (Å²) in [4.78, 5) is 37.3. The van der Waals surface area contributed by atoms with Crippen molar-refractivity contribution in [1.29, 1.82) is 0 Å². The van der Waals surface area contributed by atoms with E-state index in [4.69, 9.17) is 18.9 Å². The van der Waals surface area contributed by atoms with Crippen LogP contribution >= 0.6 is 0 Å². The van der Waals surface area contributed by atoms with Gasteiger partial charge in [0.2, 0.25) is 0 Å². The second-order valence-electron chi connectivity index (χ2n) is 11.1. The second-order valence-corrected chi connectivity index (χ2v) is 11.1. The van der Waals surface area contributed by atoms with Gasteiger partial charge in [-0.3, -0.25) is 0 Å². The molecular formula is C38H46O7. The molecular weight excluding hydrogens is 568 g/mol. The molecule has 0 amide bonds. The Kier molecular flexibility index (Phi) is 15.4. The quantitative estimate of drug-likeness (QED) is 0.0575. The molecule has 0 radical (unpaired) electrons. The van der Waals surface area contributed by atoms with Gasteiger partial charge in [0, 0.05) is 6.08 Å². The number of benzene rings is 3. The van der Waals surface area contributed by atoms with E-state index in [9.17, 15) is 14.4 Å². The molecule has 3 aromatic carbocycles. The van der Waals surface area contributed by atoms with Gasteiger partial charge in [0.05, 0.1) is 23.8 Å². The number of unbranched alkanes of at least 4 members (excludes halogenated alkanes) is 7. The molecule has 0 saturated carbocycles. The predicted octanol–water partition coefficient (Wildman–Crippen LogP) is 9.39. The van der Waals surface area contributed by atoms with Crippen LogP contribution < -0.4 is 14.2 Å². The first-order valence-electron chi connectivity index (χ1n) is 16.1. The van der Waals surface area contributed by atoms with E-state index >= 15 is 0 Å². The van der Waals surface area contributed by atoms with Crippen molar-refractivity contribution < 1.29 is 33.3 Å². The topological polar surface area (TPSA) is 88.1 Å². The number of ether oxygens (including phenoxy) is 4. The van der Waals surface area contributed by atoms with Crippen LogP contribution in [0.5, 0.6) is 17.2 Å². The Morgan fingerprint density at radius 2 is 1.16 bits per heavy atom. The SMILES string of the molecule is CCCCCCCOc1ccc(/C=C/C(=O)Oc2ccc(C(=O)Oc3ccc(C(=O)O[C@@H](C)CCCCCC)cc3)cc2)cc1. The zero-order valence-corrected chi connectivity index (χ0v) is 26.8. The summed E-state index contributed by atoms with van der Waals surface area (Å²) in [6.07, 6.45) is 14.2. The number of hydrogen-bond donors (Lipinski definition) is 0. The van der Waals surface area contributed by atoms with Gasteiger partial charge >= 0.3 is 17.9 Å². The number of carbonyl (C=O) groups is 3. The fourth-order valence-electron chi connectivity index (χ4n) is 4.54. The minimum absolute atomic E-state index is 0.155. The van der Waals surface area contributed by atoms with Crippen molar-refractivity contribution in [2.45, 2.75) is 91.1 Å². The van der Waals surface area contributed by atoms with E-state index in [1.807, 2.05) is 31.2 Å². The Morgan fingerprint density at radius 1 is 0.622 bits per heavy atom. The fourth-order valence-corrected chi connectivity index (χ4v) is 4.54. The van der Waals surface area contributed by atoms with Crippen molar-refractivity contribution in [3.8, 4) is 17.2 Å². The van der Waals surface area contributed by atoms with E-state index in [0.717, 1.165) is 43.4 Å². The molecule has 0 N–H and O–H groups in total. The lowest BCUT2D eigenvalue weighted by Crippen LogP contribution is -2.15. The Balaban J connectivity index is 1.41. The van der Waals surface area contributed by atoms with Gasteiger partial charge in [-0.1, -0.05) is 70.9 Å². The molecule has 0 fully saturated rings. The lowest BCUT2D eigenvalue weighted by Gasteiger charge is -2.13. The minimum Gasteiger partial charge on any atom is -0.494 e. The summed E-state index contributed by atoms with van der Waals surface area (Å²) in [5.41, 5.74) is 1.52. The van der Waals surface area contributed by atoms with Crippen LogP contribution in [0.1, 0.15) is 111 Å². The van der Waals surface area contributed by atoms with Crippen molar-refractivity contribution in [3.05, 3.63) is 95.6 Å². The molecule has 7 heteroatoms. The zero-order chi connectivity index (χ0) is 32.3. The molecule has 240 valence electrons. The van der Waals surface area contributed by atoms with Crippen LogP contribution in [0.4, 0.5) is 0 Å². The van der Waals surface area contributed by atoms with Crippen molar-refractivity contribution in [2.75, 3.05) is 6.61 Å². The van der Waals surface area contributed by atoms with Gasteiger partial charge < -0.3 is 18.9 Å². The molecule has 45 heavy (non-hydrogen) atoms. The normalized spacial score (nSPS) is 11.6. The summed E-state index contributed by atoms with van der Waals surface area (Å²) in [5, 5.41) is 0. The van der Waals surface area contributed by atoms with Crippen molar-refractivity contribution in [1.82, 2.24) is 0 Å². The van der Waals surface area contributed by atoms with Gasteiger partial charge in [0.25, 0.3) is 0 Å². The highest BCUT2D eigenvalue weighted by molar-refractivity contribution is 5.92. The van der Waals surface area contributed by atoms with Crippen LogP contribution in [-0.4, -0.2) is 30.6 Å². The molecule has 3 rings (SSSR count). The molecule has 0 heterocycles. The van der Waals surface area contributed by atoms with E-state index in [1.165, 1.54) is 62.4 Å². The van der Waals surface area contributed by atoms with E-state index in [-0.39, 0.29) is 11.7 Å². The Morgan fingerprint density at radius 3 is 1.78 bits per heavy atom. The van der Waals surface area contributed by atoms with Gasteiger partial charge in [-0.05, 0) is 98.5 Å². The third-order valence-electron chi connectivity index (χ3n) is 7.19. The van der Waals surface area contributed by atoms with Crippen LogP contribution in [0.3, 0.4) is 0 Å². The Labute approximate surface area is 267 Å². The van der Waals surface area contributed by atoms with Gasteiger partial charge in [-0.2, -0.15) is 0 Å². The zero-order valence-electron chi connectivity index (χ0n) is 26.8. The average molecular weight is 615 g/mol. The maximum Gasteiger partial charge on any atom is 0.343 e. The van der Waals surface area contributed by atoms with Crippen LogP contribution in [0.2, 0.25) is 0 Å². The molecule has 0 aliphatic heterocycles. The summed E-state index contributed by atoms with van der Waals surface area (Å²) in [5.74, 6) is -0.116. The van der Waals surface area contributed by atoms with E-state index in [0.29, 0.717) is 23.7 Å². The maximum absolute atomic E-state index is 12.6. The monoisotopic (exact) mass is 614 g/mol. The van der Waals surface area contributed by atoms with E-state index in [2.05, 4.69) is 13.8 Å². The first-order valence-corrected chi connectivity index (χ1v) is 16.1. The van der Waals surface area contributed by atoms with Crippen LogP contribution in [0, 0.1) is 0 Å². The number of rotatable bonds is 19. The van der Waals surface area contributed by atoms with Crippen LogP contribution in [0.15, 0.2) is 78.9 Å². The predicted molar refractivity (Wildman–Crippen MR) is 177 cm³/mol. The molecule has 0 spiro atoms. The molecule has 3 aromatic rings. The molecule has 0 bridgehead atoms. The van der Waals surface area contributed by atoms with E-state index < -0.39 is 17.9 Å². The molecule has 0 aromatic heterocycles. The highest BCUT2D eigenvalue weighted by Crippen LogP contribution is 2.19. The van der Waals surface area contributed by atoms with Crippen molar-refractivity contribution >= 4 is 24.0 Å². The summed E-state index contributed by atoms with van der Waals surface area (Å²) in [7, 11) is 0. The maximum atomic E-state index is 12.6. The van der Waals surface area contributed by atoms with Crippen LogP contribution in [-0.2, 0) is 9.53 Å². The fraction of sp³-hybridized carbons (Fsp3) is 0.395. The molecule has 0 saturated heterocycles. The van der Waals surface area contributed by atoms with Crippen molar-refractivity contribution in [2.24, 2.45) is 0 Å². The summed E-state index contributed by atoms with van der Waals surface area (Å²) in [6.45, 7) is 6.96. The highest BCUT2D eigenvalue weighted by atomic mass is 16.5. The number of esters is 3. The Bertz CT molecular complexity index is 1340.